The van der Waals surface area contributed by atoms with Gasteiger partial charge >= 0.3 is 0 Å². The van der Waals surface area contributed by atoms with E-state index in [1.165, 1.54) is 12.8 Å². The fourth-order valence-corrected chi connectivity index (χ4v) is 4.73. The third-order valence-corrected chi connectivity index (χ3v) is 5.92. The van der Waals surface area contributed by atoms with Crippen molar-refractivity contribution in [2.75, 3.05) is 39.4 Å². The van der Waals surface area contributed by atoms with E-state index >= 15 is 0 Å². The number of nitrogens with zero attached hydrogens (tertiary/aromatic N) is 2. The maximum atomic E-state index is 13.1. The topological polar surface area (TPSA) is 44.8 Å². The molecule has 0 aromatic heterocycles. The lowest BCUT2D eigenvalue weighted by atomic mass is 9.92. The third kappa shape index (κ3) is 3.70. The van der Waals surface area contributed by atoms with Gasteiger partial charge in [0.1, 0.15) is 0 Å². The average Bonchev–Trinajstić information content (AvgIpc) is 3.15. The van der Waals surface area contributed by atoms with Crippen LogP contribution in [0.2, 0.25) is 5.02 Å². The van der Waals surface area contributed by atoms with Crippen molar-refractivity contribution in [2.45, 2.75) is 37.4 Å². The Hall–Kier alpha value is -1.14. The van der Waals surface area contributed by atoms with Crippen molar-refractivity contribution in [1.82, 2.24) is 15.1 Å². The van der Waals surface area contributed by atoms with Crippen molar-refractivity contribution in [3.8, 4) is 0 Å². The Bertz CT molecular complexity index is 618. The van der Waals surface area contributed by atoms with E-state index in [0.29, 0.717) is 24.1 Å². The number of piperazine rings is 1. The Kier molecular flexibility index (Phi) is 5.27. The van der Waals surface area contributed by atoms with Crippen LogP contribution in [0.5, 0.6) is 0 Å². The lowest BCUT2D eigenvalue weighted by Gasteiger charge is -2.50. The number of carbonyl (C=O) groups is 1. The van der Waals surface area contributed by atoms with Gasteiger partial charge in [-0.25, -0.2) is 0 Å². The molecular weight excluding hydrogens is 338 g/mol. The smallest absolute Gasteiger partial charge is 0.227 e. The van der Waals surface area contributed by atoms with E-state index in [2.05, 4.69) is 15.1 Å². The molecule has 1 unspecified atom stereocenters. The number of amides is 1. The van der Waals surface area contributed by atoms with Crippen molar-refractivity contribution in [3.05, 3.63) is 34.9 Å². The van der Waals surface area contributed by atoms with Gasteiger partial charge in [-0.3, -0.25) is 9.69 Å². The lowest BCUT2D eigenvalue weighted by molar-refractivity contribution is -0.142. The van der Waals surface area contributed by atoms with Crippen LogP contribution < -0.4 is 5.32 Å². The lowest BCUT2D eigenvalue weighted by Crippen LogP contribution is -2.70. The molecule has 136 valence electrons. The summed E-state index contributed by atoms with van der Waals surface area (Å²) in [6, 6.07) is 8.36. The zero-order chi connectivity index (χ0) is 17.2. The Morgan fingerprint density at radius 3 is 2.88 bits per heavy atom. The highest BCUT2D eigenvalue weighted by Gasteiger charge is 2.44. The Morgan fingerprint density at radius 2 is 2.08 bits per heavy atom. The van der Waals surface area contributed by atoms with Gasteiger partial charge in [0.25, 0.3) is 0 Å². The maximum Gasteiger partial charge on any atom is 0.227 e. The summed E-state index contributed by atoms with van der Waals surface area (Å²) in [4.78, 5) is 17.7. The van der Waals surface area contributed by atoms with Crippen LogP contribution >= 0.6 is 11.6 Å². The zero-order valence-electron chi connectivity index (χ0n) is 14.5. The molecule has 0 aliphatic carbocycles. The Morgan fingerprint density at radius 1 is 1.24 bits per heavy atom. The summed E-state index contributed by atoms with van der Waals surface area (Å²) in [5.41, 5.74) is 0.984. The summed E-state index contributed by atoms with van der Waals surface area (Å²) in [7, 11) is 0. The first-order chi connectivity index (χ1) is 12.2. The van der Waals surface area contributed by atoms with E-state index in [9.17, 15) is 4.79 Å². The molecule has 1 aromatic rings. The van der Waals surface area contributed by atoms with Gasteiger partial charge < -0.3 is 15.0 Å². The van der Waals surface area contributed by atoms with Gasteiger partial charge in [0.2, 0.25) is 5.91 Å². The minimum atomic E-state index is 0.199. The second-order valence-corrected chi connectivity index (χ2v) is 7.73. The summed E-state index contributed by atoms with van der Waals surface area (Å²) in [5.74, 6) is 0.199. The number of ether oxygens (including phenoxy) is 1. The van der Waals surface area contributed by atoms with Crippen LogP contribution in [0.25, 0.3) is 0 Å². The van der Waals surface area contributed by atoms with Gasteiger partial charge in [0, 0.05) is 18.1 Å². The highest BCUT2D eigenvalue weighted by atomic mass is 35.5. The summed E-state index contributed by atoms with van der Waals surface area (Å²) < 4.78 is 5.87. The molecule has 1 N–H and O–H groups in total. The van der Waals surface area contributed by atoms with E-state index in [1.54, 1.807) is 0 Å². The molecule has 6 heteroatoms. The zero-order valence-corrected chi connectivity index (χ0v) is 15.3. The predicted molar refractivity (Wildman–Crippen MR) is 97.9 cm³/mol. The molecule has 25 heavy (non-hydrogen) atoms. The molecule has 3 aliphatic heterocycles. The number of rotatable bonds is 3. The van der Waals surface area contributed by atoms with Gasteiger partial charge in [-0.05, 0) is 43.6 Å². The summed E-state index contributed by atoms with van der Waals surface area (Å²) in [6.45, 7) is 5.25. The molecule has 4 rings (SSSR count). The molecule has 1 amide bonds. The summed E-state index contributed by atoms with van der Waals surface area (Å²) >= 11 is 6.08. The van der Waals surface area contributed by atoms with Gasteiger partial charge in [0.05, 0.1) is 37.8 Å². The second-order valence-electron chi connectivity index (χ2n) is 7.29. The monoisotopic (exact) mass is 363 g/mol. The number of halogens is 1. The summed E-state index contributed by atoms with van der Waals surface area (Å²) in [5, 5.41) is 4.25. The number of carbonyl (C=O) groups excluding carboxylic acids is 1. The minimum Gasteiger partial charge on any atom is -0.378 e. The van der Waals surface area contributed by atoms with Gasteiger partial charge in [-0.15, -0.1) is 0 Å². The van der Waals surface area contributed by atoms with E-state index in [0.717, 1.165) is 38.3 Å². The molecule has 0 spiro atoms. The highest BCUT2D eigenvalue weighted by Crippen LogP contribution is 2.26. The van der Waals surface area contributed by atoms with Crippen molar-refractivity contribution in [3.63, 3.8) is 0 Å². The largest absolute Gasteiger partial charge is 0.378 e. The van der Waals surface area contributed by atoms with E-state index < -0.39 is 0 Å². The van der Waals surface area contributed by atoms with Gasteiger partial charge in [0.15, 0.2) is 0 Å². The van der Waals surface area contributed by atoms with Crippen LogP contribution in [0.4, 0.5) is 0 Å². The molecular formula is C19H26ClN3O2. The molecule has 0 radical (unpaired) electrons. The first-order valence-electron chi connectivity index (χ1n) is 9.31. The normalized spacial score (nSPS) is 30.3. The second kappa shape index (κ2) is 7.62. The van der Waals surface area contributed by atoms with Crippen molar-refractivity contribution >= 4 is 17.5 Å². The number of fused-ring (bicyclic) bond motifs is 1. The number of hydrogen-bond acceptors (Lipinski definition) is 4. The van der Waals surface area contributed by atoms with Crippen molar-refractivity contribution in [1.29, 1.82) is 0 Å². The van der Waals surface area contributed by atoms with E-state index in [1.807, 2.05) is 24.3 Å². The van der Waals surface area contributed by atoms with Crippen molar-refractivity contribution in [2.24, 2.45) is 0 Å². The highest BCUT2D eigenvalue weighted by molar-refractivity contribution is 6.30. The fourth-order valence-electron chi connectivity index (χ4n) is 4.51. The molecule has 3 heterocycles. The van der Waals surface area contributed by atoms with Crippen molar-refractivity contribution < 1.29 is 9.53 Å². The van der Waals surface area contributed by atoms with Crippen LogP contribution in [-0.4, -0.2) is 73.2 Å². The van der Waals surface area contributed by atoms with Crippen LogP contribution in [0.15, 0.2) is 24.3 Å². The number of benzene rings is 1. The van der Waals surface area contributed by atoms with Crippen LogP contribution in [0.3, 0.4) is 0 Å². The number of likely N-dealkylation sites (tertiary alicyclic amines) is 1. The predicted octanol–water partition coefficient (Wildman–Crippen LogP) is 1.55. The molecule has 3 fully saturated rings. The average molecular weight is 364 g/mol. The molecule has 5 nitrogen and oxygen atoms in total. The minimum absolute atomic E-state index is 0.199. The maximum absolute atomic E-state index is 13.1. The molecule has 3 aliphatic rings. The summed E-state index contributed by atoms with van der Waals surface area (Å²) in [6.07, 6.45) is 2.91. The Labute approximate surface area is 154 Å². The van der Waals surface area contributed by atoms with E-state index in [4.69, 9.17) is 16.3 Å². The van der Waals surface area contributed by atoms with Gasteiger partial charge in [-0.1, -0.05) is 23.7 Å². The number of hydrogen-bond donors (Lipinski definition) is 1. The molecule has 3 atom stereocenters. The first-order valence-corrected chi connectivity index (χ1v) is 9.69. The molecule has 0 bridgehead atoms. The SMILES string of the molecule is O=C(Cc1cccc(Cl)c1)N1CCN[C@@H]2COCC(N3CCCC3)[C@H]21. The quantitative estimate of drug-likeness (QED) is 0.885. The molecule has 1 aromatic carbocycles. The van der Waals surface area contributed by atoms with Crippen LogP contribution in [-0.2, 0) is 16.0 Å². The standard InChI is InChI=1S/C19H26ClN3O2/c20-15-5-3-4-14(10-15)11-18(24)23-9-6-21-16-12-25-13-17(19(16)23)22-7-1-2-8-22/h3-5,10,16-17,19,21H,1-2,6-9,11-13H2/t16-,17?,19+/m1/s1. The first kappa shape index (κ1) is 17.3. The van der Waals surface area contributed by atoms with E-state index in [-0.39, 0.29) is 18.0 Å². The molecule has 0 saturated carbocycles. The Balaban J connectivity index is 1.52. The third-order valence-electron chi connectivity index (χ3n) is 5.69. The van der Waals surface area contributed by atoms with Crippen LogP contribution in [0.1, 0.15) is 18.4 Å². The van der Waals surface area contributed by atoms with Crippen LogP contribution in [0, 0.1) is 0 Å². The number of nitrogens with one attached hydrogen (secondary N) is 1. The molecule has 3 saturated heterocycles. The van der Waals surface area contributed by atoms with Gasteiger partial charge in [-0.2, -0.15) is 0 Å². The fraction of sp³-hybridized carbons (Fsp3) is 0.632.